The van der Waals surface area contributed by atoms with Gasteiger partial charge in [0.1, 0.15) is 11.2 Å². The third-order valence-electron chi connectivity index (χ3n) is 3.41. The number of fused-ring (bicyclic) bond motifs is 1. The van der Waals surface area contributed by atoms with E-state index in [1.807, 2.05) is 6.92 Å². The minimum atomic E-state index is -0.550. The molecule has 0 aromatic carbocycles. The quantitative estimate of drug-likeness (QED) is 0.727. The summed E-state index contributed by atoms with van der Waals surface area (Å²) in [4.78, 5) is 22.6. The molecule has 120 valence electrons. The molecule has 7 heteroatoms. The number of aromatic nitrogens is 3. The van der Waals surface area contributed by atoms with Crippen molar-refractivity contribution < 1.29 is 14.1 Å². The molecule has 0 bridgehead atoms. The zero-order valence-corrected chi connectivity index (χ0v) is 13.5. The summed E-state index contributed by atoms with van der Waals surface area (Å²) < 4.78 is 10.2. The van der Waals surface area contributed by atoms with Gasteiger partial charge in [-0.25, -0.2) is 9.78 Å². The van der Waals surface area contributed by atoms with Crippen molar-refractivity contribution in [2.45, 2.75) is 40.5 Å². The highest BCUT2D eigenvalue weighted by molar-refractivity contribution is 5.93. The summed E-state index contributed by atoms with van der Waals surface area (Å²) >= 11 is 0. The third kappa shape index (κ3) is 3.18. The van der Waals surface area contributed by atoms with Crippen LogP contribution < -0.4 is 4.90 Å². The van der Waals surface area contributed by atoms with E-state index in [0.717, 1.165) is 37.0 Å². The van der Waals surface area contributed by atoms with Crippen LogP contribution in [0.4, 0.5) is 5.82 Å². The van der Waals surface area contributed by atoms with Gasteiger partial charge in [0, 0.05) is 13.1 Å². The van der Waals surface area contributed by atoms with E-state index < -0.39 is 5.97 Å². The standard InChI is InChI=1S/C15H22N4O3/c1-5-8-9-19(6-2)13-11-10(4)18-22-14(11)17-12(16-13)15(20)21-7-3/h5-9H2,1-4H3. The van der Waals surface area contributed by atoms with Crippen LogP contribution in [0.2, 0.25) is 0 Å². The van der Waals surface area contributed by atoms with Crippen molar-refractivity contribution in [1.29, 1.82) is 0 Å². The first-order valence-electron chi connectivity index (χ1n) is 7.68. The molecule has 22 heavy (non-hydrogen) atoms. The van der Waals surface area contributed by atoms with Gasteiger partial charge in [0.15, 0.2) is 0 Å². The fourth-order valence-corrected chi connectivity index (χ4v) is 2.25. The molecule has 0 unspecified atom stereocenters. The number of nitrogens with zero attached hydrogens (tertiary/aromatic N) is 4. The van der Waals surface area contributed by atoms with E-state index in [1.54, 1.807) is 6.92 Å². The number of hydrogen-bond acceptors (Lipinski definition) is 7. The summed E-state index contributed by atoms with van der Waals surface area (Å²) in [5.41, 5.74) is 1.04. The highest BCUT2D eigenvalue weighted by atomic mass is 16.5. The average Bonchev–Trinajstić information content (AvgIpc) is 2.89. The maximum Gasteiger partial charge on any atom is 0.376 e. The first-order valence-corrected chi connectivity index (χ1v) is 7.68. The molecule has 2 aromatic heterocycles. The normalized spacial score (nSPS) is 10.9. The highest BCUT2D eigenvalue weighted by Gasteiger charge is 2.22. The van der Waals surface area contributed by atoms with Gasteiger partial charge in [0.25, 0.3) is 5.71 Å². The zero-order chi connectivity index (χ0) is 16.1. The summed E-state index contributed by atoms with van der Waals surface area (Å²) in [7, 11) is 0. The van der Waals surface area contributed by atoms with Gasteiger partial charge in [0.05, 0.1) is 12.3 Å². The second-order valence-corrected chi connectivity index (χ2v) is 4.97. The van der Waals surface area contributed by atoms with Gasteiger partial charge in [-0.2, -0.15) is 4.98 Å². The van der Waals surface area contributed by atoms with Crippen LogP contribution in [-0.2, 0) is 4.74 Å². The topological polar surface area (TPSA) is 81.4 Å². The fraction of sp³-hybridized carbons (Fsp3) is 0.600. The van der Waals surface area contributed by atoms with Gasteiger partial charge in [-0.1, -0.05) is 18.5 Å². The molecule has 0 saturated heterocycles. The molecule has 0 fully saturated rings. The smallest absolute Gasteiger partial charge is 0.376 e. The van der Waals surface area contributed by atoms with Crippen LogP contribution in [0.3, 0.4) is 0 Å². The molecular weight excluding hydrogens is 284 g/mol. The molecular formula is C15H22N4O3. The molecule has 2 rings (SSSR count). The SMILES string of the molecule is CCCCN(CC)c1nc(C(=O)OCC)nc2onc(C)c12. The number of anilines is 1. The van der Waals surface area contributed by atoms with Crippen molar-refractivity contribution in [2.75, 3.05) is 24.6 Å². The molecule has 0 amide bonds. The molecule has 0 N–H and O–H groups in total. The summed E-state index contributed by atoms with van der Waals surface area (Å²) in [5.74, 6) is 0.143. The second kappa shape index (κ2) is 7.20. The molecule has 0 aliphatic rings. The number of rotatable bonds is 7. The highest BCUT2D eigenvalue weighted by Crippen LogP contribution is 2.27. The monoisotopic (exact) mass is 306 g/mol. The minimum absolute atomic E-state index is 0.00967. The average molecular weight is 306 g/mol. The van der Waals surface area contributed by atoms with Crippen LogP contribution in [0.1, 0.15) is 49.9 Å². The van der Waals surface area contributed by atoms with Crippen LogP contribution in [0, 0.1) is 6.92 Å². The van der Waals surface area contributed by atoms with Gasteiger partial charge in [0.2, 0.25) is 5.82 Å². The number of ether oxygens (including phenoxy) is 1. The Balaban J connectivity index is 2.52. The van der Waals surface area contributed by atoms with Crippen LogP contribution >= 0.6 is 0 Å². The van der Waals surface area contributed by atoms with Crippen LogP contribution in [0.25, 0.3) is 11.1 Å². The van der Waals surface area contributed by atoms with Crippen molar-refractivity contribution in [3.8, 4) is 0 Å². The predicted octanol–water partition coefficient (Wildman–Crippen LogP) is 2.73. The summed E-state index contributed by atoms with van der Waals surface area (Å²) in [6, 6.07) is 0. The molecule has 2 aromatic rings. The maximum absolute atomic E-state index is 11.9. The van der Waals surface area contributed by atoms with Gasteiger partial charge in [-0.15, -0.1) is 0 Å². The molecule has 0 spiro atoms. The number of esters is 1. The fourth-order valence-electron chi connectivity index (χ4n) is 2.25. The molecule has 2 heterocycles. The van der Waals surface area contributed by atoms with E-state index in [9.17, 15) is 4.79 Å². The lowest BCUT2D eigenvalue weighted by Gasteiger charge is -2.22. The van der Waals surface area contributed by atoms with E-state index in [2.05, 4.69) is 33.9 Å². The van der Waals surface area contributed by atoms with E-state index in [-0.39, 0.29) is 12.4 Å². The number of aryl methyl sites for hydroxylation is 1. The van der Waals surface area contributed by atoms with Crippen molar-refractivity contribution in [3.63, 3.8) is 0 Å². The first kappa shape index (κ1) is 16.2. The van der Waals surface area contributed by atoms with Gasteiger partial charge in [-0.05, 0) is 27.2 Å². The summed E-state index contributed by atoms with van der Waals surface area (Å²) in [5, 5.41) is 4.70. The van der Waals surface area contributed by atoms with Crippen molar-refractivity contribution >= 4 is 22.9 Å². The number of carbonyl (C=O) groups excluding carboxylic acids is 1. The second-order valence-electron chi connectivity index (χ2n) is 4.97. The van der Waals surface area contributed by atoms with Crippen LogP contribution in [0.5, 0.6) is 0 Å². The third-order valence-corrected chi connectivity index (χ3v) is 3.41. The Morgan fingerprint density at radius 2 is 2.05 bits per heavy atom. The molecule has 0 aliphatic carbocycles. The van der Waals surface area contributed by atoms with Crippen molar-refractivity contribution in [2.24, 2.45) is 0 Å². The van der Waals surface area contributed by atoms with Crippen LogP contribution in [0.15, 0.2) is 4.52 Å². The maximum atomic E-state index is 11.9. The summed E-state index contributed by atoms with van der Waals surface area (Å²) in [6.45, 7) is 9.68. The lowest BCUT2D eigenvalue weighted by Crippen LogP contribution is -2.26. The number of unbranched alkanes of at least 4 members (excludes halogenated alkanes) is 1. The van der Waals surface area contributed by atoms with E-state index >= 15 is 0 Å². The van der Waals surface area contributed by atoms with Crippen LogP contribution in [-0.4, -0.2) is 40.8 Å². The lowest BCUT2D eigenvalue weighted by molar-refractivity contribution is 0.0512. The lowest BCUT2D eigenvalue weighted by atomic mass is 10.2. The number of carbonyl (C=O) groups is 1. The molecule has 0 atom stereocenters. The van der Waals surface area contributed by atoms with Gasteiger partial charge in [-0.3, -0.25) is 0 Å². The van der Waals surface area contributed by atoms with E-state index in [1.165, 1.54) is 0 Å². The zero-order valence-electron chi connectivity index (χ0n) is 13.5. The largest absolute Gasteiger partial charge is 0.460 e. The van der Waals surface area contributed by atoms with Gasteiger partial charge >= 0.3 is 5.97 Å². The Bertz CT molecular complexity index is 654. The number of hydrogen-bond donors (Lipinski definition) is 0. The predicted molar refractivity (Wildman–Crippen MR) is 83.1 cm³/mol. The Kier molecular flexibility index (Phi) is 5.30. The van der Waals surface area contributed by atoms with Crippen molar-refractivity contribution in [3.05, 3.63) is 11.5 Å². The van der Waals surface area contributed by atoms with E-state index in [0.29, 0.717) is 11.5 Å². The van der Waals surface area contributed by atoms with E-state index in [4.69, 9.17) is 9.26 Å². The first-order chi connectivity index (χ1) is 10.6. The van der Waals surface area contributed by atoms with Crippen molar-refractivity contribution in [1.82, 2.24) is 15.1 Å². The van der Waals surface area contributed by atoms with Gasteiger partial charge < -0.3 is 14.2 Å². The Labute approximate surface area is 129 Å². The molecule has 7 nitrogen and oxygen atoms in total. The molecule has 0 saturated carbocycles. The molecule has 0 aliphatic heterocycles. The molecule has 0 radical (unpaired) electrons. The Morgan fingerprint density at radius 1 is 1.27 bits per heavy atom. The minimum Gasteiger partial charge on any atom is -0.460 e. The Hall–Kier alpha value is -2.18. The summed E-state index contributed by atoms with van der Waals surface area (Å²) in [6.07, 6.45) is 2.12. The Morgan fingerprint density at radius 3 is 2.68 bits per heavy atom.